The van der Waals surface area contributed by atoms with Crippen LogP contribution in [0.4, 0.5) is 10.1 Å². The summed E-state index contributed by atoms with van der Waals surface area (Å²) in [6, 6.07) is 9.34. The maximum Gasteiger partial charge on any atom is 0.150 e. The molecule has 5 heteroatoms. The quantitative estimate of drug-likeness (QED) is 0.872. The van der Waals surface area contributed by atoms with Crippen molar-refractivity contribution in [3.05, 3.63) is 46.7 Å². The van der Waals surface area contributed by atoms with Crippen LogP contribution in [0.15, 0.2) is 40.9 Å². The molecular formula is C13H11BrFNO2. The van der Waals surface area contributed by atoms with Gasteiger partial charge in [0.05, 0.1) is 12.8 Å². The molecule has 0 radical (unpaired) electrons. The fourth-order valence-electron chi connectivity index (χ4n) is 1.46. The standard InChI is InChI=1S/C13H11BrFNO2/c1-17-10-2-3-13(12(16)7-10)18-11-5-8(14)4-9(15)6-11/h2-7H,16H2,1H3. The van der Waals surface area contributed by atoms with Gasteiger partial charge < -0.3 is 15.2 Å². The molecule has 0 aliphatic carbocycles. The molecule has 0 heterocycles. The molecule has 2 N–H and O–H groups in total. The minimum absolute atomic E-state index is 0.374. The maximum absolute atomic E-state index is 13.2. The number of nitrogen functional groups attached to an aromatic ring is 1. The molecule has 0 aliphatic rings. The van der Waals surface area contributed by atoms with Crippen LogP contribution in [0, 0.1) is 5.82 Å². The average Bonchev–Trinajstić information content (AvgIpc) is 2.30. The second-order valence-corrected chi connectivity index (χ2v) is 4.53. The molecule has 0 saturated heterocycles. The molecule has 0 bridgehead atoms. The van der Waals surface area contributed by atoms with E-state index in [9.17, 15) is 4.39 Å². The normalized spacial score (nSPS) is 10.2. The van der Waals surface area contributed by atoms with Crippen molar-refractivity contribution in [3.8, 4) is 17.2 Å². The van der Waals surface area contributed by atoms with E-state index < -0.39 is 0 Å². The van der Waals surface area contributed by atoms with E-state index in [1.54, 1.807) is 31.4 Å². The summed E-state index contributed by atoms with van der Waals surface area (Å²) in [5, 5.41) is 0. The van der Waals surface area contributed by atoms with E-state index in [1.165, 1.54) is 12.1 Å². The minimum atomic E-state index is -0.383. The molecule has 2 aromatic rings. The van der Waals surface area contributed by atoms with E-state index in [2.05, 4.69) is 15.9 Å². The Kier molecular flexibility index (Phi) is 3.72. The fraction of sp³-hybridized carbons (Fsp3) is 0.0769. The summed E-state index contributed by atoms with van der Waals surface area (Å²) in [5.41, 5.74) is 6.24. The Hall–Kier alpha value is -1.75. The van der Waals surface area contributed by atoms with Gasteiger partial charge in [-0.25, -0.2) is 4.39 Å². The van der Waals surface area contributed by atoms with Crippen LogP contribution in [0.2, 0.25) is 0 Å². The van der Waals surface area contributed by atoms with Gasteiger partial charge in [0, 0.05) is 16.6 Å². The molecule has 2 rings (SSSR count). The van der Waals surface area contributed by atoms with Crippen molar-refractivity contribution >= 4 is 21.6 Å². The van der Waals surface area contributed by atoms with Crippen LogP contribution in [0.1, 0.15) is 0 Å². The number of anilines is 1. The van der Waals surface area contributed by atoms with Gasteiger partial charge in [-0.05, 0) is 24.3 Å². The lowest BCUT2D eigenvalue weighted by molar-refractivity contribution is 0.413. The molecule has 0 unspecified atom stereocenters. The van der Waals surface area contributed by atoms with Gasteiger partial charge in [-0.1, -0.05) is 15.9 Å². The zero-order valence-electron chi connectivity index (χ0n) is 9.61. The molecule has 0 aromatic heterocycles. The Balaban J connectivity index is 2.28. The molecule has 3 nitrogen and oxygen atoms in total. The Morgan fingerprint density at radius 2 is 1.89 bits per heavy atom. The maximum atomic E-state index is 13.2. The first-order valence-corrected chi connectivity index (χ1v) is 5.95. The Bertz CT molecular complexity index is 555. The number of nitrogens with two attached hydrogens (primary N) is 1. The first-order chi connectivity index (χ1) is 8.58. The topological polar surface area (TPSA) is 44.5 Å². The number of hydrogen-bond acceptors (Lipinski definition) is 3. The highest BCUT2D eigenvalue weighted by molar-refractivity contribution is 9.10. The van der Waals surface area contributed by atoms with Gasteiger partial charge in [0.15, 0.2) is 5.75 Å². The average molecular weight is 312 g/mol. The predicted octanol–water partition coefficient (Wildman–Crippen LogP) is 3.97. The Morgan fingerprint density at radius 1 is 1.11 bits per heavy atom. The Labute approximate surface area is 112 Å². The number of hydrogen-bond donors (Lipinski definition) is 1. The molecular weight excluding hydrogens is 301 g/mol. The van der Waals surface area contributed by atoms with Crippen molar-refractivity contribution in [1.82, 2.24) is 0 Å². The lowest BCUT2D eigenvalue weighted by Crippen LogP contribution is -1.94. The number of halogens is 2. The summed E-state index contributed by atoms with van der Waals surface area (Å²) in [6.45, 7) is 0. The summed E-state index contributed by atoms with van der Waals surface area (Å²) in [7, 11) is 1.55. The highest BCUT2D eigenvalue weighted by atomic mass is 79.9. The van der Waals surface area contributed by atoms with Gasteiger partial charge in [0.1, 0.15) is 17.3 Å². The van der Waals surface area contributed by atoms with E-state index in [1.807, 2.05) is 0 Å². The van der Waals surface area contributed by atoms with Gasteiger partial charge >= 0.3 is 0 Å². The Morgan fingerprint density at radius 3 is 2.50 bits per heavy atom. The molecule has 0 saturated carbocycles. The van der Waals surface area contributed by atoms with Crippen LogP contribution in [-0.4, -0.2) is 7.11 Å². The van der Waals surface area contributed by atoms with Crippen LogP contribution >= 0.6 is 15.9 Å². The highest BCUT2D eigenvalue weighted by Gasteiger charge is 2.06. The predicted molar refractivity (Wildman–Crippen MR) is 71.6 cm³/mol. The third kappa shape index (κ3) is 2.92. The van der Waals surface area contributed by atoms with Gasteiger partial charge in [-0.2, -0.15) is 0 Å². The zero-order chi connectivity index (χ0) is 13.1. The molecule has 0 amide bonds. The fourth-order valence-corrected chi connectivity index (χ4v) is 1.91. The summed E-state index contributed by atoms with van der Waals surface area (Å²) >= 11 is 3.20. The van der Waals surface area contributed by atoms with Gasteiger partial charge in [0.2, 0.25) is 0 Å². The van der Waals surface area contributed by atoms with Crippen molar-refractivity contribution < 1.29 is 13.9 Å². The smallest absolute Gasteiger partial charge is 0.150 e. The van der Waals surface area contributed by atoms with Crippen molar-refractivity contribution in [1.29, 1.82) is 0 Å². The first kappa shape index (κ1) is 12.7. The van der Waals surface area contributed by atoms with Gasteiger partial charge in [0.25, 0.3) is 0 Å². The van der Waals surface area contributed by atoms with Crippen LogP contribution in [-0.2, 0) is 0 Å². The van der Waals surface area contributed by atoms with Crippen LogP contribution in [0.5, 0.6) is 17.2 Å². The summed E-state index contributed by atoms with van der Waals surface area (Å²) in [6.07, 6.45) is 0. The molecule has 2 aromatic carbocycles. The number of methoxy groups -OCH3 is 1. The third-order valence-corrected chi connectivity index (χ3v) is 2.74. The molecule has 0 fully saturated rings. The van der Waals surface area contributed by atoms with Gasteiger partial charge in [-0.3, -0.25) is 0 Å². The van der Waals surface area contributed by atoms with Crippen molar-refractivity contribution in [3.63, 3.8) is 0 Å². The third-order valence-electron chi connectivity index (χ3n) is 2.28. The van der Waals surface area contributed by atoms with Crippen molar-refractivity contribution in [2.75, 3.05) is 12.8 Å². The molecule has 18 heavy (non-hydrogen) atoms. The van der Waals surface area contributed by atoms with Crippen LogP contribution in [0.25, 0.3) is 0 Å². The van der Waals surface area contributed by atoms with Crippen LogP contribution in [0.3, 0.4) is 0 Å². The number of rotatable bonds is 3. The molecule has 0 spiro atoms. The lowest BCUT2D eigenvalue weighted by Gasteiger charge is -2.10. The SMILES string of the molecule is COc1ccc(Oc2cc(F)cc(Br)c2)c(N)c1. The highest BCUT2D eigenvalue weighted by Crippen LogP contribution is 2.32. The van der Waals surface area contributed by atoms with E-state index in [4.69, 9.17) is 15.2 Å². The molecule has 0 atom stereocenters. The second kappa shape index (κ2) is 5.27. The monoisotopic (exact) mass is 311 g/mol. The zero-order valence-corrected chi connectivity index (χ0v) is 11.2. The first-order valence-electron chi connectivity index (χ1n) is 5.16. The van der Waals surface area contributed by atoms with Crippen molar-refractivity contribution in [2.45, 2.75) is 0 Å². The largest absolute Gasteiger partial charge is 0.497 e. The lowest BCUT2D eigenvalue weighted by atomic mass is 10.2. The minimum Gasteiger partial charge on any atom is -0.497 e. The summed E-state index contributed by atoms with van der Waals surface area (Å²) < 4.78 is 24.3. The second-order valence-electron chi connectivity index (χ2n) is 3.61. The number of ether oxygens (including phenoxy) is 2. The van der Waals surface area contributed by atoms with E-state index in [0.717, 1.165) is 0 Å². The van der Waals surface area contributed by atoms with Crippen LogP contribution < -0.4 is 15.2 Å². The summed E-state index contributed by atoms with van der Waals surface area (Å²) in [4.78, 5) is 0. The van der Waals surface area contributed by atoms with E-state index in [0.29, 0.717) is 27.4 Å². The van der Waals surface area contributed by atoms with Gasteiger partial charge in [-0.15, -0.1) is 0 Å². The molecule has 0 aliphatic heterocycles. The van der Waals surface area contributed by atoms with E-state index >= 15 is 0 Å². The number of benzene rings is 2. The van der Waals surface area contributed by atoms with Crippen molar-refractivity contribution in [2.24, 2.45) is 0 Å². The van der Waals surface area contributed by atoms with E-state index in [-0.39, 0.29) is 5.82 Å². The molecule has 94 valence electrons. The summed E-state index contributed by atoms with van der Waals surface area (Å²) in [5.74, 6) is 1.08.